The van der Waals surface area contributed by atoms with Crippen LogP contribution < -0.4 is 0 Å². The van der Waals surface area contributed by atoms with Gasteiger partial charge in [-0.2, -0.15) is 5.10 Å². The van der Waals surface area contributed by atoms with Crippen LogP contribution in [-0.2, 0) is 6.42 Å². The van der Waals surface area contributed by atoms with Gasteiger partial charge in [0.25, 0.3) is 0 Å². The molecule has 0 spiro atoms. The van der Waals surface area contributed by atoms with Crippen molar-refractivity contribution in [2.24, 2.45) is 5.10 Å². The van der Waals surface area contributed by atoms with Gasteiger partial charge < -0.3 is 0 Å². The van der Waals surface area contributed by atoms with E-state index in [1.54, 1.807) is 0 Å². The lowest BCUT2D eigenvalue weighted by Gasteiger charge is -2.28. The molecule has 1 aliphatic rings. The fraction of sp³-hybridized carbons (Fsp3) is 0.240. The first-order valence-electron chi connectivity index (χ1n) is 9.86. The van der Waals surface area contributed by atoms with Crippen molar-refractivity contribution >= 4 is 6.21 Å². The van der Waals surface area contributed by atoms with E-state index in [4.69, 9.17) is 5.10 Å². The average molecular weight is 354 g/mol. The Balaban J connectivity index is 1.52. The van der Waals surface area contributed by atoms with Crippen LogP contribution in [0.4, 0.5) is 0 Å². The summed E-state index contributed by atoms with van der Waals surface area (Å²) in [5.74, 6) is 0. The summed E-state index contributed by atoms with van der Waals surface area (Å²) in [5.41, 5.74) is 4.08. The minimum absolute atomic E-state index is 0.351. The predicted molar refractivity (Wildman–Crippen MR) is 113 cm³/mol. The highest BCUT2D eigenvalue weighted by Gasteiger charge is 2.34. The molecule has 2 heteroatoms. The summed E-state index contributed by atoms with van der Waals surface area (Å²) >= 11 is 0. The highest BCUT2D eigenvalue weighted by atomic mass is 15.5. The minimum atomic E-state index is 0.351. The van der Waals surface area contributed by atoms with E-state index in [-0.39, 0.29) is 0 Å². The fourth-order valence-electron chi connectivity index (χ4n) is 3.98. The zero-order valence-corrected chi connectivity index (χ0v) is 15.6. The van der Waals surface area contributed by atoms with Crippen LogP contribution in [0.5, 0.6) is 0 Å². The Morgan fingerprint density at radius 1 is 0.704 bits per heavy atom. The maximum atomic E-state index is 4.96. The van der Waals surface area contributed by atoms with E-state index in [0.29, 0.717) is 12.1 Å². The minimum Gasteiger partial charge on any atom is -0.282 e. The molecule has 1 heterocycles. The molecule has 2 atom stereocenters. The van der Waals surface area contributed by atoms with Crippen molar-refractivity contribution in [1.29, 1.82) is 0 Å². The van der Waals surface area contributed by atoms with Gasteiger partial charge >= 0.3 is 0 Å². The number of hydrogen-bond donors (Lipinski definition) is 0. The van der Waals surface area contributed by atoms with Crippen LogP contribution in [0.2, 0.25) is 0 Å². The Morgan fingerprint density at radius 3 is 1.70 bits per heavy atom. The van der Waals surface area contributed by atoms with Crippen LogP contribution in [0.25, 0.3) is 0 Å². The smallest absolute Gasteiger partial charge is 0.0728 e. The van der Waals surface area contributed by atoms with Gasteiger partial charge in [-0.1, -0.05) is 91.0 Å². The molecule has 0 unspecified atom stereocenters. The normalized spacial score (nSPS) is 19.6. The van der Waals surface area contributed by atoms with Gasteiger partial charge in [-0.25, -0.2) is 0 Å². The number of aryl methyl sites for hydroxylation is 1. The second-order valence-electron chi connectivity index (χ2n) is 7.13. The fourth-order valence-corrected chi connectivity index (χ4v) is 3.98. The quantitative estimate of drug-likeness (QED) is 0.482. The molecule has 0 aromatic heterocycles. The molecule has 4 rings (SSSR count). The molecule has 0 saturated carbocycles. The first kappa shape index (κ1) is 17.5. The Morgan fingerprint density at radius 2 is 1.19 bits per heavy atom. The van der Waals surface area contributed by atoms with Crippen LogP contribution >= 0.6 is 0 Å². The molecule has 2 nitrogen and oxygen atoms in total. The monoisotopic (exact) mass is 354 g/mol. The van der Waals surface area contributed by atoms with Crippen molar-refractivity contribution in [3.05, 3.63) is 108 Å². The second kappa shape index (κ2) is 8.68. The van der Waals surface area contributed by atoms with Gasteiger partial charge in [0.2, 0.25) is 0 Å². The summed E-state index contributed by atoms with van der Waals surface area (Å²) in [6.45, 7) is 0. The van der Waals surface area contributed by atoms with Gasteiger partial charge in [0.1, 0.15) is 0 Å². The summed E-state index contributed by atoms with van der Waals surface area (Å²) < 4.78 is 0. The lowest BCUT2D eigenvalue weighted by atomic mass is 10.0. The lowest BCUT2D eigenvalue weighted by molar-refractivity contribution is 0.205. The summed E-state index contributed by atoms with van der Waals surface area (Å²) in [7, 11) is 0. The van der Waals surface area contributed by atoms with Crippen molar-refractivity contribution in [3.63, 3.8) is 0 Å². The average Bonchev–Trinajstić information content (AvgIpc) is 3.17. The van der Waals surface area contributed by atoms with E-state index in [0.717, 1.165) is 25.7 Å². The van der Waals surface area contributed by atoms with Crippen molar-refractivity contribution in [3.8, 4) is 0 Å². The molecule has 0 amide bonds. The zero-order chi connectivity index (χ0) is 18.3. The SMILES string of the molecule is C(/CCc1ccccc1)=N\N1[C@H](c2ccccc2)CC[C@H]1c1ccccc1. The Labute approximate surface area is 162 Å². The molecule has 0 N–H and O–H groups in total. The van der Waals surface area contributed by atoms with Crippen molar-refractivity contribution in [1.82, 2.24) is 5.01 Å². The van der Waals surface area contributed by atoms with Crippen LogP contribution in [0, 0.1) is 0 Å². The van der Waals surface area contributed by atoms with Crippen LogP contribution in [0.1, 0.15) is 48.0 Å². The molecule has 136 valence electrons. The molecule has 1 fully saturated rings. The first-order chi connectivity index (χ1) is 13.4. The van der Waals surface area contributed by atoms with Gasteiger partial charge in [0.05, 0.1) is 12.1 Å². The third-order valence-corrected chi connectivity index (χ3v) is 5.34. The lowest BCUT2D eigenvalue weighted by Crippen LogP contribution is -2.21. The summed E-state index contributed by atoms with van der Waals surface area (Å²) in [6, 6.07) is 32.9. The van der Waals surface area contributed by atoms with Gasteiger partial charge in [0.15, 0.2) is 0 Å². The molecule has 1 saturated heterocycles. The molecule has 27 heavy (non-hydrogen) atoms. The van der Waals surface area contributed by atoms with Crippen molar-refractivity contribution in [2.75, 3.05) is 0 Å². The van der Waals surface area contributed by atoms with Crippen molar-refractivity contribution < 1.29 is 0 Å². The van der Waals surface area contributed by atoms with E-state index >= 15 is 0 Å². The molecule has 3 aromatic rings. The molecular weight excluding hydrogens is 328 g/mol. The van der Waals surface area contributed by atoms with Gasteiger partial charge in [-0.3, -0.25) is 5.01 Å². The predicted octanol–water partition coefficient (Wildman–Crippen LogP) is 6.18. The molecule has 3 aromatic carbocycles. The Hall–Kier alpha value is -2.87. The van der Waals surface area contributed by atoms with E-state index in [1.807, 2.05) is 0 Å². The number of hydrazone groups is 1. The molecule has 0 bridgehead atoms. The second-order valence-corrected chi connectivity index (χ2v) is 7.13. The van der Waals surface area contributed by atoms with Gasteiger partial charge in [0, 0.05) is 6.21 Å². The molecule has 0 radical (unpaired) electrons. The number of rotatable bonds is 6. The third kappa shape index (κ3) is 4.28. The molecule has 1 aliphatic heterocycles. The van der Waals surface area contributed by atoms with Crippen LogP contribution in [0.15, 0.2) is 96.1 Å². The zero-order valence-electron chi connectivity index (χ0n) is 15.6. The van der Waals surface area contributed by atoms with Crippen LogP contribution in [0.3, 0.4) is 0 Å². The highest BCUT2D eigenvalue weighted by Crippen LogP contribution is 2.43. The largest absolute Gasteiger partial charge is 0.282 e. The highest BCUT2D eigenvalue weighted by molar-refractivity contribution is 5.57. The standard InChI is InChI=1S/C25H26N2/c1-4-11-21(12-5-1)13-10-20-26-27-24(22-14-6-2-7-15-22)18-19-25(27)23-16-8-3-9-17-23/h1-9,11-12,14-17,20,24-25H,10,13,18-19H2/b26-20+/t24-,25-/m0/s1. The molecule has 0 aliphatic carbocycles. The Kier molecular flexibility index (Phi) is 5.64. The first-order valence-corrected chi connectivity index (χ1v) is 9.86. The number of nitrogens with zero attached hydrogens (tertiary/aromatic N) is 2. The van der Waals surface area contributed by atoms with E-state index in [9.17, 15) is 0 Å². The Bertz CT molecular complexity index is 796. The van der Waals surface area contributed by atoms with E-state index < -0.39 is 0 Å². The van der Waals surface area contributed by atoms with Gasteiger partial charge in [-0.15, -0.1) is 0 Å². The van der Waals surface area contributed by atoms with E-state index in [1.165, 1.54) is 16.7 Å². The summed E-state index contributed by atoms with van der Waals surface area (Å²) in [5, 5.41) is 7.29. The topological polar surface area (TPSA) is 15.6 Å². The van der Waals surface area contributed by atoms with Gasteiger partial charge in [-0.05, 0) is 42.4 Å². The van der Waals surface area contributed by atoms with Crippen molar-refractivity contribution in [2.45, 2.75) is 37.8 Å². The third-order valence-electron chi connectivity index (χ3n) is 5.34. The summed E-state index contributed by atoms with van der Waals surface area (Å²) in [4.78, 5) is 0. The maximum Gasteiger partial charge on any atom is 0.0728 e. The number of hydrogen-bond acceptors (Lipinski definition) is 2. The maximum absolute atomic E-state index is 4.96. The summed E-state index contributed by atoms with van der Waals surface area (Å²) in [6.07, 6.45) is 6.37. The van der Waals surface area contributed by atoms with E-state index in [2.05, 4.69) is 102 Å². The number of benzene rings is 3. The molecular formula is C25H26N2. The van der Waals surface area contributed by atoms with Crippen LogP contribution in [-0.4, -0.2) is 11.2 Å².